The van der Waals surface area contributed by atoms with Crippen molar-refractivity contribution in [2.45, 2.75) is 6.54 Å². The van der Waals surface area contributed by atoms with Gasteiger partial charge in [0.05, 0.1) is 18.7 Å². The lowest BCUT2D eigenvalue weighted by molar-refractivity contribution is -0.125. The Balaban J connectivity index is 1.56. The van der Waals surface area contributed by atoms with Crippen molar-refractivity contribution in [3.8, 4) is 28.6 Å². The van der Waals surface area contributed by atoms with Crippen molar-refractivity contribution >= 4 is 22.7 Å². The highest BCUT2D eigenvalue weighted by molar-refractivity contribution is 6.02. The van der Waals surface area contributed by atoms with E-state index >= 15 is 0 Å². The number of imide groups is 1. The standard InChI is InChI=1S/C22H16N4O4/c27-17-10-9-13-5-1-3-7-15(13)19(17)21-24-20(25-30-21)16-8-4-2-6-14(16)12-26-18(28)11-23-22(26)29/h1-10,27H,11-12H2,(H,23,29). The molecule has 8 nitrogen and oxygen atoms in total. The van der Waals surface area contributed by atoms with E-state index < -0.39 is 6.03 Å². The number of urea groups is 1. The number of carbonyl (C=O) groups is 2. The number of aromatic hydroxyl groups is 1. The number of rotatable bonds is 4. The maximum atomic E-state index is 12.0. The van der Waals surface area contributed by atoms with Crippen molar-refractivity contribution in [3.63, 3.8) is 0 Å². The summed E-state index contributed by atoms with van der Waals surface area (Å²) in [6.45, 7) is 0.0952. The number of benzene rings is 3. The first-order valence-corrected chi connectivity index (χ1v) is 9.33. The Morgan fingerprint density at radius 3 is 2.67 bits per heavy atom. The van der Waals surface area contributed by atoms with Crippen LogP contribution in [-0.4, -0.2) is 38.6 Å². The minimum absolute atomic E-state index is 0.00623. The Morgan fingerprint density at radius 2 is 1.83 bits per heavy atom. The second-order valence-electron chi connectivity index (χ2n) is 6.90. The van der Waals surface area contributed by atoms with Gasteiger partial charge in [0.15, 0.2) is 0 Å². The Kier molecular flexibility index (Phi) is 4.17. The third-order valence-electron chi connectivity index (χ3n) is 5.07. The van der Waals surface area contributed by atoms with E-state index in [1.54, 1.807) is 18.2 Å². The average Bonchev–Trinajstić information content (AvgIpc) is 3.36. The summed E-state index contributed by atoms with van der Waals surface area (Å²) in [5, 5.41) is 18.7. The van der Waals surface area contributed by atoms with E-state index in [2.05, 4.69) is 15.5 Å². The smallest absolute Gasteiger partial charge is 0.324 e. The minimum Gasteiger partial charge on any atom is -0.507 e. The third-order valence-corrected chi connectivity index (χ3v) is 5.07. The maximum Gasteiger partial charge on any atom is 0.324 e. The highest BCUT2D eigenvalue weighted by Gasteiger charge is 2.29. The molecular formula is C22H16N4O4. The van der Waals surface area contributed by atoms with E-state index in [4.69, 9.17) is 4.52 Å². The molecule has 8 heteroatoms. The largest absolute Gasteiger partial charge is 0.507 e. The van der Waals surface area contributed by atoms with Gasteiger partial charge in [-0.2, -0.15) is 4.98 Å². The van der Waals surface area contributed by atoms with Gasteiger partial charge < -0.3 is 14.9 Å². The van der Waals surface area contributed by atoms with Crippen LogP contribution in [0.25, 0.3) is 33.6 Å². The zero-order chi connectivity index (χ0) is 20.7. The molecule has 1 aliphatic rings. The number of nitrogens with zero attached hydrogens (tertiary/aromatic N) is 3. The lowest BCUT2D eigenvalue weighted by Gasteiger charge is -2.14. The zero-order valence-corrected chi connectivity index (χ0v) is 15.7. The fourth-order valence-corrected chi connectivity index (χ4v) is 3.58. The molecule has 1 aliphatic heterocycles. The molecule has 0 aliphatic carbocycles. The Bertz CT molecular complexity index is 1280. The molecule has 5 rings (SSSR count). The van der Waals surface area contributed by atoms with Gasteiger partial charge in [-0.1, -0.05) is 59.8 Å². The molecule has 3 amide bonds. The molecule has 0 saturated carbocycles. The average molecular weight is 400 g/mol. The van der Waals surface area contributed by atoms with Crippen molar-refractivity contribution in [2.24, 2.45) is 0 Å². The lowest BCUT2D eigenvalue weighted by Crippen LogP contribution is -2.30. The van der Waals surface area contributed by atoms with Crippen LogP contribution in [-0.2, 0) is 11.3 Å². The van der Waals surface area contributed by atoms with E-state index in [1.807, 2.05) is 42.5 Å². The van der Waals surface area contributed by atoms with Crippen LogP contribution in [0.5, 0.6) is 5.75 Å². The molecule has 1 fully saturated rings. The summed E-state index contributed by atoms with van der Waals surface area (Å²) in [6, 6.07) is 17.8. The molecular weight excluding hydrogens is 384 g/mol. The van der Waals surface area contributed by atoms with Gasteiger partial charge in [-0.15, -0.1) is 0 Å². The first-order chi connectivity index (χ1) is 14.6. The van der Waals surface area contributed by atoms with Gasteiger partial charge in [-0.25, -0.2) is 4.79 Å². The van der Waals surface area contributed by atoms with Crippen LogP contribution in [0, 0.1) is 0 Å². The highest BCUT2D eigenvalue weighted by Crippen LogP contribution is 2.36. The van der Waals surface area contributed by atoms with E-state index in [0.717, 1.165) is 15.7 Å². The second kappa shape index (κ2) is 7.00. The predicted molar refractivity (Wildman–Crippen MR) is 108 cm³/mol. The molecule has 0 atom stereocenters. The number of hydrogen-bond acceptors (Lipinski definition) is 6. The lowest BCUT2D eigenvalue weighted by atomic mass is 10.0. The van der Waals surface area contributed by atoms with Gasteiger partial charge in [0.2, 0.25) is 11.7 Å². The number of nitrogens with one attached hydrogen (secondary N) is 1. The summed E-state index contributed by atoms with van der Waals surface area (Å²) >= 11 is 0. The third kappa shape index (κ3) is 2.95. The Labute approximate surface area is 170 Å². The zero-order valence-electron chi connectivity index (χ0n) is 15.7. The van der Waals surface area contributed by atoms with E-state index in [-0.39, 0.29) is 30.6 Å². The van der Waals surface area contributed by atoms with Gasteiger partial charge in [-0.05, 0) is 22.4 Å². The molecule has 0 unspecified atom stereocenters. The number of phenols is 1. The Morgan fingerprint density at radius 1 is 1.03 bits per heavy atom. The van der Waals surface area contributed by atoms with Gasteiger partial charge in [0, 0.05) is 5.56 Å². The molecule has 1 saturated heterocycles. The van der Waals surface area contributed by atoms with Crippen molar-refractivity contribution in [1.29, 1.82) is 0 Å². The summed E-state index contributed by atoms with van der Waals surface area (Å²) in [6.07, 6.45) is 0. The molecule has 1 aromatic heterocycles. The van der Waals surface area contributed by atoms with Crippen LogP contribution in [0.2, 0.25) is 0 Å². The van der Waals surface area contributed by atoms with Crippen LogP contribution in [0.1, 0.15) is 5.56 Å². The van der Waals surface area contributed by atoms with Gasteiger partial charge >= 0.3 is 6.03 Å². The van der Waals surface area contributed by atoms with E-state index in [1.165, 1.54) is 0 Å². The van der Waals surface area contributed by atoms with Crippen LogP contribution in [0.4, 0.5) is 4.79 Å². The number of fused-ring (bicyclic) bond motifs is 1. The van der Waals surface area contributed by atoms with Crippen molar-refractivity contribution in [2.75, 3.05) is 6.54 Å². The number of aromatic nitrogens is 2. The molecule has 148 valence electrons. The summed E-state index contributed by atoms with van der Waals surface area (Å²) in [7, 11) is 0. The van der Waals surface area contributed by atoms with E-state index in [9.17, 15) is 14.7 Å². The van der Waals surface area contributed by atoms with Gasteiger partial charge in [0.25, 0.3) is 5.89 Å². The number of hydrogen-bond donors (Lipinski definition) is 2. The molecule has 0 spiro atoms. The number of amides is 3. The molecule has 4 aromatic rings. The normalized spacial score (nSPS) is 13.8. The molecule has 2 N–H and O–H groups in total. The second-order valence-corrected chi connectivity index (χ2v) is 6.90. The summed E-state index contributed by atoms with van der Waals surface area (Å²) in [5.41, 5.74) is 1.80. The van der Waals surface area contributed by atoms with Crippen molar-refractivity contribution in [3.05, 3.63) is 66.2 Å². The summed E-state index contributed by atoms with van der Waals surface area (Å²) < 4.78 is 5.48. The molecule has 0 radical (unpaired) electrons. The fraction of sp³-hybridized carbons (Fsp3) is 0.0909. The van der Waals surface area contributed by atoms with Crippen LogP contribution in [0.3, 0.4) is 0 Å². The SMILES string of the molecule is O=C1CNC(=O)N1Cc1ccccc1-c1noc(-c2c(O)ccc3ccccc23)n1. The van der Waals surface area contributed by atoms with Gasteiger partial charge in [-0.3, -0.25) is 9.69 Å². The first-order valence-electron chi connectivity index (χ1n) is 9.33. The molecule has 2 heterocycles. The number of carbonyl (C=O) groups excluding carboxylic acids is 2. The first kappa shape index (κ1) is 17.9. The minimum atomic E-state index is -0.427. The molecule has 3 aromatic carbocycles. The predicted octanol–water partition coefficient (Wildman–Crippen LogP) is 3.31. The Hall–Kier alpha value is -4.20. The van der Waals surface area contributed by atoms with E-state index in [0.29, 0.717) is 22.5 Å². The molecule has 0 bridgehead atoms. The van der Waals surface area contributed by atoms with Crippen LogP contribution < -0.4 is 5.32 Å². The monoisotopic (exact) mass is 400 g/mol. The highest BCUT2D eigenvalue weighted by atomic mass is 16.5. The summed E-state index contributed by atoms with van der Waals surface area (Å²) in [5.74, 6) is 0.241. The quantitative estimate of drug-likeness (QED) is 0.509. The topological polar surface area (TPSA) is 109 Å². The van der Waals surface area contributed by atoms with Crippen molar-refractivity contribution < 1.29 is 19.2 Å². The van der Waals surface area contributed by atoms with Crippen molar-refractivity contribution in [1.82, 2.24) is 20.4 Å². The summed E-state index contributed by atoms with van der Waals surface area (Å²) in [4.78, 5) is 29.5. The fourth-order valence-electron chi connectivity index (χ4n) is 3.58. The van der Waals surface area contributed by atoms with Crippen LogP contribution >= 0.6 is 0 Å². The number of phenolic OH excluding ortho intramolecular Hbond substituents is 1. The van der Waals surface area contributed by atoms with Crippen LogP contribution in [0.15, 0.2) is 65.2 Å². The molecule has 30 heavy (non-hydrogen) atoms. The maximum absolute atomic E-state index is 12.0. The van der Waals surface area contributed by atoms with Gasteiger partial charge in [0.1, 0.15) is 5.75 Å².